The first-order chi connectivity index (χ1) is 13.5. The van der Waals surface area contributed by atoms with Gasteiger partial charge in [0.2, 0.25) is 0 Å². The Morgan fingerprint density at radius 3 is 2.04 bits per heavy atom. The van der Waals surface area contributed by atoms with E-state index in [0.717, 1.165) is 19.3 Å². The lowest BCUT2D eigenvalue weighted by atomic mass is 10.1. The number of rotatable bonds is 12. The molecule has 5 heteroatoms. The van der Waals surface area contributed by atoms with Gasteiger partial charge in [-0.1, -0.05) is 77.8 Å². The number of halogens is 1. The Balaban J connectivity index is 1.98. The second kappa shape index (κ2) is 11.4. The average molecular weight is 406 g/mol. The van der Waals surface area contributed by atoms with Crippen molar-refractivity contribution in [3.8, 4) is 0 Å². The Morgan fingerprint density at radius 1 is 0.893 bits per heavy atom. The van der Waals surface area contributed by atoms with Crippen LogP contribution in [-0.4, -0.2) is 28.5 Å². The van der Waals surface area contributed by atoms with E-state index < -0.39 is 0 Å². The Kier molecular flexibility index (Phi) is 9.23. The molecule has 0 aliphatic carbocycles. The van der Waals surface area contributed by atoms with E-state index in [2.05, 4.69) is 6.92 Å². The van der Waals surface area contributed by atoms with Gasteiger partial charge in [0.25, 0.3) is 11.8 Å². The van der Waals surface area contributed by atoms with E-state index in [1.165, 1.54) is 60.9 Å². The van der Waals surface area contributed by atoms with Gasteiger partial charge in [-0.05, 0) is 24.1 Å². The minimum atomic E-state index is -0.352. The summed E-state index contributed by atoms with van der Waals surface area (Å²) in [4.78, 5) is 27.7. The lowest BCUT2D eigenvalue weighted by Crippen LogP contribution is -2.32. The summed E-state index contributed by atoms with van der Waals surface area (Å²) in [5.74, 6) is -0.802. The fraction of sp³-hybridized carbons (Fsp3) is 0.565. The van der Waals surface area contributed by atoms with Crippen LogP contribution in [0.2, 0.25) is 0 Å². The lowest BCUT2D eigenvalue weighted by Gasteiger charge is -2.15. The molecule has 0 saturated carbocycles. The summed E-state index contributed by atoms with van der Waals surface area (Å²) in [7, 11) is 0. The van der Waals surface area contributed by atoms with Gasteiger partial charge in [-0.15, -0.1) is 11.8 Å². The number of nitrogens with zero attached hydrogens (tertiary/aromatic N) is 1. The summed E-state index contributed by atoms with van der Waals surface area (Å²) in [6.45, 7) is 6.67. The number of hydrogen-bond donors (Lipinski definition) is 0. The van der Waals surface area contributed by atoms with Gasteiger partial charge in [0.05, 0.1) is 10.5 Å². The molecule has 1 aliphatic heterocycles. The topological polar surface area (TPSA) is 37.4 Å². The van der Waals surface area contributed by atoms with Crippen molar-refractivity contribution in [1.82, 2.24) is 4.90 Å². The molecule has 1 aliphatic rings. The molecule has 0 saturated heterocycles. The van der Waals surface area contributed by atoms with Crippen LogP contribution in [-0.2, 0) is 9.59 Å². The molecule has 1 heterocycles. The van der Waals surface area contributed by atoms with Crippen LogP contribution in [0.1, 0.15) is 77.7 Å². The predicted molar refractivity (Wildman–Crippen MR) is 115 cm³/mol. The monoisotopic (exact) mass is 405 g/mol. The minimum Gasteiger partial charge on any atom is -0.274 e. The second-order valence-corrected chi connectivity index (χ2v) is 9.20. The third kappa shape index (κ3) is 6.20. The van der Waals surface area contributed by atoms with Gasteiger partial charge in [-0.25, -0.2) is 4.39 Å². The highest BCUT2D eigenvalue weighted by Crippen LogP contribution is 2.38. The molecule has 28 heavy (non-hydrogen) atoms. The van der Waals surface area contributed by atoms with Gasteiger partial charge < -0.3 is 0 Å². The molecule has 2 amide bonds. The molecule has 1 aromatic carbocycles. The first-order valence-electron chi connectivity index (χ1n) is 10.5. The number of carbonyl (C=O) groups excluding carboxylic acids is 2. The number of hydrogen-bond acceptors (Lipinski definition) is 3. The number of imide groups is 1. The zero-order valence-corrected chi connectivity index (χ0v) is 18.1. The van der Waals surface area contributed by atoms with Crippen molar-refractivity contribution in [2.24, 2.45) is 0 Å². The van der Waals surface area contributed by atoms with Crippen LogP contribution in [0.15, 0.2) is 29.2 Å². The standard InChI is InChI=1S/C23H32FNO2S/c1-4-5-6-7-8-9-10-11-16-25-22(26)20(18-12-14-19(24)15-13-18)21(23(25)27)28-17(2)3/h12-15,17H,4-11,16H2,1-3H3. The van der Waals surface area contributed by atoms with Crippen LogP contribution in [0.4, 0.5) is 4.39 Å². The predicted octanol–water partition coefficient (Wildman–Crippen LogP) is 6.19. The average Bonchev–Trinajstić information content (AvgIpc) is 2.88. The molecule has 0 unspecified atom stereocenters. The van der Waals surface area contributed by atoms with Crippen molar-refractivity contribution in [2.45, 2.75) is 77.4 Å². The number of carbonyl (C=O) groups is 2. The molecular formula is C23H32FNO2S. The maximum absolute atomic E-state index is 13.3. The smallest absolute Gasteiger partial charge is 0.267 e. The van der Waals surface area contributed by atoms with Gasteiger partial charge in [-0.2, -0.15) is 0 Å². The largest absolute Gasteiger partial charge is 0.274 e. The summed E-state index contributed by atoms with van der Waals surface area (Å²) in [6, 6.07) is 5.82. The molecule has 0 fully saturated rings. The lowest BCUT2D eigenvalue weighted by molar-refractivity contribution is -0.136. The van der Waals surface area contributed by atoms with Crippen molar-refractivity contribution >= 4 is 29.1 Å². The third-order valence-corrected chi connectivity index (χ3v) is 5.93. The molecule has 0 atom stereocenters. The quantitative estimate of drug-likeness (QED) is 0.307. The maximum Gasteiger partial charge on any atom is 0.267 e. The molecule has 2 rings (SSSR count). The molecule has 0 radical (unpaired) electrons. The summed E-state index contributed by atoms with van der Waals surface area (Å²) < 4.78 is 13.3. The number of amides is 2. The van der Waals surface area contributed by atoms with E-state index >= 15 is 0 Å². The molecular weight excluding hydrogens is 373 g/mol. The third-order valence-electron chi connectivity index (χ3n) is 4.85. The minimum absolute atomic E-state index is 0.185. The Morgan fingerprint density at radius 2 is 1.46 bits per heavy atom. The SMILES string of the molecule is CCCCCCCCCCN1C(=O)C(SC(C)C)=C(c2ccc(F)cc2)C1=O. The molecule has 0 aromatic heterocycles. The van der Waals surface area contributed by atoms with Crippen LogP contribution >= 0.6 is 11.8 Å². The Bertz CT molecular complexity index is 697. The van der Waals surface area contributed by atoms with Crippen LogP contribution in [0, 0.1) is 5.82 Å². The summed E-state index contributed by atoms with van der Waals surface area (Å²) in [6.07, 6.45) is 9.33. The zero-order valence-electron chi connectivity index (χ0n) is 17.3. The number of unbranched alkanes of at least 4 members (excludes halogenated alkanes) is 7. The molecule has 154 valence electrons. The zero-order chi connectivity index (χ0) is 20.5. The highest BCUT2D eigenvalue weighted by Gasteiger charge is 2.39. The van der Waals surface area contributed by atoms with Crippen LogP contribution in [0.5, 0.6) is 0 Å². The Labute approximate surface area is 172 Å². The van der Waals surface area contributed by atoms with Gasteiger partial charge in [0, 0.05) is 11.8 Å². The fourth-order valence-electron chi connectivity index (χ4n) is 3.38. The van der Waals surface area contributed by atoms with Crippen LogP contribution < -0.4 is 0 Å². The normalized spacial score (nSPS) is 14.7. The van der Waals surface area contributed by atoms with E-state index in [1.807, 2.05) is 13.8 Å². The molecule has 0 N–H and O–H groups in total. The molecule has 0 spiro atoms. The van der Waals surface area contributed by atoms with Gasteiger partial charge in [0.15, 0.2) is 0 Å². The van der Waals surface area contributed by atoms with E-state index in [4.69, 9.17) is 0 Å². The summed E-state index contributed by atoms with van der Waals surface area (Å²) in [5, 5.41) is 0.185. The van der Waals surface area contributed by atoms with Gasteiger partial charge >= 0.3 is 0 Å². The highest BCUT2D eigenvalue weighted by atomic mass is 32.2. The molecule has 1 aromatic rings. The molecule has 3 nitrogen and oxygen atoms in total. The maximum atomic E-state index is 13.3. The second-order valence-electron chi connectivity index (χ2n) is 7.61. The van der Waals surface area contributed by atoms with Crippen molar-refractivity contribution in [3.63, 3.8) is 0 Å². The molecule has 0 bridgehead atoms. The Hall–Kier alpha value is -1.62. The van der Waals surface area contributed by atoms with E-state index in [-0.39, 0.29) is 22.9 Å². The first kappa shape index (κ1) is 22.7. The summed E-state index contributed by atoms with van der Waals surface area (Å²) in [5.41, 5.74) is 1.03. The van der Waals surface area contributed by atoms with E-state index in [0.29, 0.717) is 22.6 Å². The van der Waals surface area contributed by atoms with Crippen LogP contribution in [0.25, 0.3) is 5.57 Å². The van der Waals surface area contributed by atoms with Gasteiger partial charge in [-0.3, -0.25) is 14.5 Å². The van der Waals surface area contributed by atoms with Crippen molar-refractivity contribution in [1.29, 1.82) is 0 Å². The van der Waals surface area contributed by atoms with Crippen molar-refractivity contribution in [2.75, 3.05) is 6.54 Å². The highest BCUT2D eigenvalue weighted by molar-refractivity contribution is 8.04. The fourth-order valence-corrected chi connectivity index (χ4v) is 4.38. The van der Waals surface area contributed by atoms with Gasteiger partial charge in [0.1, 0.15) is 5.82 Å². The van der Waals surface area contributed by atoms with Crippen molar-refractivity contribution < 1.29 is 14.0 Å². The first-order valence-corrected chi connectivity index (χ1v) is 11.4. The number of thioether (sulfide) groups is 1. The van der Waals surface area contributed by atoms with E-state index in [9.17, 15) is 14.0 Å². The number of benzene rings is 1. The van der Waals surface area contributed by atoms with Crippen LogP contribution in [0.3, 0.4) is 0 Å². The van der Waals surface area contributed by atoms with Crippen molar-refractivity contribution in [3.05, 3.63) is 40.6 Å². The summed E-state index contributed by atoms with van der Waals surface area (Å²) >= 11 is 1.41. The van der Waals surface area contributed by atoms with E-state index in [1.54, 1.807) is 12.1 Å².